The minimum absolute atomic E-state index is 0.356. The number of nitrogens with one attached hydrogen (secondary N) is 1. The fourth-order valence-electron chi connectivity index (χ4n) is 1.68. The Morgan fingerprint density at radius 2 is 2.31 bits per heavy atom. The summed E-state index contributed by atoms with van der Waals surface area (Å²) < 4.78 is 5.53. The van der Waals surface area contributed by atoms with Crippen LogP contribution in [0.15, 0.2) is 22.7 Å². The van der Waals surface area contributed by atoms with Crippen molar-refractivity contribution in [2.45, 2.75) is 26.2 Å². The third-order valence-corrected chi connectivity index (χ3v) is 2.67. The highest BCUT2D eigenvalue weighted by atomic mass is 16.3. The maximum Gasteiger partial charge on any atom is 0.152 e. The molecule has 0 aliphatic carbocycles. The molecular weight excluding hydrogens is 202 g/mol. The Hall–Kier alpha value is -1.55. The van der Waals surface area contributed by atoms with E-state index >= 15 is 0 Å². The summed E-state index contributed by atoms with van der Waals surface area (Å²) in [4.78, 5) is 7.62. The maximum atomic E-state index is 5.53. The molecule has 2 aromatic heterocycles. The molecule has 1 unspecified atom stereocenters. The lowest BCUT2D eigenvalue weighted by Crippen LogP contribution is -2.05. The average Bonchev–Trinajstić information content (AvgIpc) is 2.85. The Labute approximate surface area is 94.9 Å². The molecule has 0 saturated carbocycles. The van der Waals surface area contributed by atoms with Crippen LogP contribution in [0.4, 0.5) is 0 Å². The normalized spacial score (nSPS) is 12.9. The standard InChI is InChI=1S/C12H17N3O/c1-8(5-6-13)12-14-7-10(15-12)11-4-3-9(2)16-11/h3-4,7-8H,5-6,13H2,1-2H3,(H,14,15). The molecule has 0 aliphatic heterocycles. The lowest BCUT2D eigenvalue weighted by Gasteiger charge is -2.05. The number of hydrogen-bond donors (Lipinski definition) is 2. The number of aryl methyl sites for hydroxylation is 1. The molecule has 0 bridgehead atoms. The van der Waals surface area contributed by atoms with Crippen LogP contribution in [0.5, 0.6) is 0 Å². The quantitative estimate of drug-likeness (QED) is 0.829. The Bertz CT molecular complexity index is 458. The van der Waals surface area contributed by atoms with Crippen molar-refractivity contribution in [1.29, 1.82) is 0 Å². The molecule has 0 amide bonds. The average molecular weight is 219 g/mol. The van der Waals surface area contributed by atoms with Gasteiger partial charge in [0.2, 0.25) is 0 Å². The van der Waals surface area contributed by atoms with Gasteiger partial charge in [-0.25, -0.2) is 4.98 Å². The number of aromatic amines is 1. The second-order valence-electron chi connectivity index (χ2n) is 4.07. The summed E-state index contributed by atoms with van der Waals surface area (Å²) in [5.74, 6) is 3.06. The zero-order chi connectivity index (χ0) is 11.5. The van der Waals surface area contributed by atoms with E-state index in [0.717, 1.165) is 29.5 Å². The minimum Gasteiger partial charge on any atom is -0.460 e. The number of nitrogens with zero attached hydrogens (tertiary/aromatic N) is 1. The van der Waals surface area contributed by atoms with Gasteiger partial charge in [0.25, 0.3) is 0 Å². The van der Waals surface area contributed by atoms with E-state index in [2.05, 4.69) is 16.9 Å². The molecule has 3 N–H and O–H groups in total. The maximum absolute atomic E-state index is 5.53. The van der Waals surface area contributed by atoms with E-state index in [1.807, 2.05) is 19.1 Å². The van der Waals surface area contributed by atoms with Gasteiger partial charge in [0.1, 0.15) is 17.3 Å². The Kier molecular flexibility index (Phi) is 3.10. The Balaban J connectivity index is 2.19. The number of H-pyrrole nitrogens is 1. The van der Waals surface area contributed by atoms with Gasteiger partial charge in [0, 0.05) is 5.92 Å². The Morgan fingerprint density at radius 1 is 1.50 bits per heavy atom. The van der Waals surface area contributed by atoms with Crippen LogP contribution in [-0.2, 0) is 0 Å². The zero-order valence-corrected chi connectivity index (χ0v) is 9.66. The van der Waals surface area contributed by atoms with E-state index in [-0.39, 0.29) is 0 Å². The smallest absolute Gasteiger partial charge is 0.152 e. The van der Waals surface area contributed by atoms with E-state index in [1.165, 1.54) is 0 Å². The summed E-state index contributed by atoms with van der Waals surface area (Å²) in [5.41, 5.74) is 6.45. The summed E-state index contributed by atoms with van der Waals surface area (Å²) in [6.45, 7) is 4.72. The number of rotatable bonds is 4. The van der Waals surface area contributed by atoms with Crippen LogP contribution in [-0.4, -0.2) is 16.5 Å². The first kappa shape index (κ1) is 11.0. The van der Waals surface area contributed by atoms with Gasteiger partial charge < -0.3 is 15.1 Å². The van der Waals surface area contributed by atoms with Crippen molar-refractivity contribution in [3.05, 3.63) is 29.9 Å². The van der Waals surface area contributed by atoms with Gasteiger partial charge in [-0.15, -0.1) is 0 Å². The number of imidazole rings is 1. The number of nitrogens with two attached hydrogens (primary N) is 1. The molecule has 0 aromatic carbocycles. The summed E-state index contributed by atoms with van der Waals surface area (Å²) in [6, 6.07) is 3.89. The molecule has 2 aromatic rings. The summed E-state index contributed by atoms with van der Waals surface area (Å²) in [7, 11) is 0. The highest BCUT2D eigenvalue weighted by Gasteiger charge is 2.11. The monoisotopic (exact) mass is 219 g/mol. The summed E-state index contributed by atoms with van der Waals surface area (Å²) in [6.07, 6.45) is 2.74. The van der Waals surface area contributed by atoms with Gasteiger partial charge >= 0.3 is 0 Å². The number of hydrogen-bond acceptors (Lipinski definition) is 3. The first-order chi connectivity index (χ1) is 7.70. The summed E-state index contributed by atoms with van der Waals surface area (Å²) >= 11 is 0. The van der Waals surface area contributed by atoms with Crippen molar-refractivity contribution in [3.63, 3.8) is 0 Å². The van der Waals surface area contributed by atoms with Gasteiger partial charge in [-0.3, -0.25) is 0 Å². The highest BCUT2D eigenvalue weighted by Crippen LogP contribution is 2.22. The molecule has 4 nitrogen and oxygen atoms in total. The fourth-order valence-corrected chi connectivity index (χ4v) is 1.68. The van der Waals surface area contributed by atoms with Crippen molar-refractivity contribution in [3.8, 4) is 11.5 Å². The van der Waals surface area contributed by atoms with E-state index in [9.17, 15) is 0 Å². The van der Waals surface area contributed by atoms with Gasteiger partial charge in [0.05, 0.1) is 6.20 Å². The van der Waals surface area contributed by atoms with Crippen LogP contribution in [0.3, 0.4) is 0 Å². The van der Waals surface area contributed by atoms with E-state index < -0.39 is 0 Å². The van der Waals surface area contributed by atoms with Crippen LogP contribution in [0.2, 0.25) is 0 Å². The van der Waals surface area contributed by atoms with E-state index in [1.54, 1.807) is 6.20 Å². The van der Waals surface area contributed by atoms with Crippen LogP contribution in [0.25, 0.3) is 11.5 Å². The second-order valence-corrected chi connectivity index (χ2v) is 4.07. The van der Waals surface area contributed by atoms with Crippen LogP contribution >= 0.6 is 0 Å². The third-order valence-electron chi connectivity index (χ3n) is 2.67. The van der Waals surface area contributed by atoms with Crippen molar-refractivity contribution in [2.75, 3.05) is 6.54 Å². The fraction of sp³-hybridized carbons (Fsp3) is 0.417. The van der Waals surface area contributed by atoms with Crippen molar-refractivity contribution in [1.82, 2.24) is 9.97 Å². The molecule has 2 heterocycles. The van der Waals surface area contributed by atoms with Gasteiger partial charge in [-0.1, -0.05) is 6.92 Å². The lowest BCUT2D eigenvalue weighted by atomic mass is 10.1. The predicted molar refractivity (Wildman–Crippen MR) is 63.1 cm³/mol. The van der Waals surface area contributed by atoms with Gasteiger partial charge in [-0.05, 0) is 32.0 Å². The van der Waals surface area contributed by atoms with Crippen LogP contribution in [0.1, 0.15) is 30.8 Å². The molecule has 0 aliphatic rings. The predicted octanol–water partition coefficient (Wildman–Crippen LogP) is 2.43. The second kappa shape index (κ2) is 4.53. The first-order valence-corrected chi connectivity index (χ1v) is 5.52. The molecule has 0 fully saturated rings. The van der Waals surface area contributed by atoms with Crippen molar-refractivity contribution < 1.29 is 4.42 Å². The van der Waals surface area contributed by atoms with Crippen LogP contribution < -0.4 is 5.73 Å². The molecule has 86 valence electrons. The first-order valence-electron chi connectivity index (χ1n) is 5.52. The molecule has 0 radical (unpaired) electrons. The SMILES string of the molecule is Cc1ccc(-c2cnc(C(C)CCN)[nH]2)o1. The molecule has 0 spiro atoms. The van der Waals surface area contributed by atoms with Crippen molar-refractivity contribution in [2.24, 2.45) is 5.73 Å². The van der Waals surface area contributed by atoms with Gasteiger partial charge in [0.15, 0.2) is 5.76 Å². The topological polar surface area (TPSA) is 67.8 Å². The minimum atomic E-state index is 0.356. The Morgan fingerprint density at radius 3 is 2.94 bits per heavy atom. The summed E-state index contributed by atoms with van der Waals surface area (Å²) in [5, 5.41) is 0. The largest absolute Gasteiger partial charge is 0.460 e. The molecular formula is C12H17N3O. The molecule has 4 heteroatoms. The molecule has 0 saturated heterocycles. The lowest BCUT2D eigenvalue weighted by molar-refractivity contribution is 0.546. The third kappa shape index (κ3) is 2.17. The molecule has 2 rings (SSSR count). The number of aromatic nitrogens is 2. The van der Waals surface area contributed by atoms with E-state index in [4.69, 9.17) is 10.2 Å². The van der Waals surface area contributed by atoms with Gasteiger partial charge in [-0.2, -0.15) is 0 Å². The molecule has 1 atom stereocenters. The zero-order valence-electron chi connectivity index (χ0n) is 9.66. The van der Waals surface area contributed by atoms with Crippen LogP contribution in [0, 0.1) is 6.92 Å². The number of furan rings is 1. The van der Waals surface area contributed by atoms with Crippen molar-refractivity contribution >= 4 is 0 Å². The highest BCUT2D eigenvalue weighted by molar-refractivity contribution is 5.51. The van der Waals surface area contributed by atoms with E-state index in [0.29, 0.717) is 12.5 Å². The molecule has 16 heavy (non-hydrogen) atoms.